The first-order valence-electron chi connectivity index (χ1n) is 9.83. The minimum atomic E-state index is -0.322. The number of fused-ring (bicyclic) bond motifs is 1. The molecule has 2 N–H and O–H groups in total. The van der Waals surface area contributed by atoms with E-state index in [0.717, 1.165) is 21.9 Å². The van der Waals surface area contributed by atoms with Crippen LogP contribution in [-0.2, 0) is 22.4 Å². The van der Waals surface area contributed by atoms with Crippen molar-refractivity contribution >= 4 is 34.2 Å². The predicted molar refractivity (Wildman–Crippen MR) is 119 cm³/mol. The van der Waals surface area contributed by atoms with Crippen molar-refractivity contribution in [1.82, 2.24) is 15.8 Å². The number of amides is 2. The Morgan fingerprint density at radius 1 is 0.903 bits per heavy atom. The molecule has 0 aliphatic carbocycles. The summed E-state index contributed by atoms with van der Waals surface area (Å²) in [6.07, 6.45) is 2.24. The van der Waals surface area contributed by atoms with Gasteiger partial charge in [-0.15, -0.1) is 0 Å². The molecule has 0 aliphatic heterocycles. The summed E-state index contributed by atoms with van der Waals surface area (Å²) < 4.78 is 5.68. The summed E-state index contributed by atoms with van der Waals surface area (Å²) in [4.78, 5) is 28.5. The normalized spacial score (nSPS) is 10.7. The molecule has 7 heteroatoms. The van der Waals surface area contributed by atoms with E-state index in [9.17, 15) is 9.59 Å². The van der Waals surface area contributed by atoms with Gasteiger partial charge in [-0.05, 0) is 40.6 Å². The van der Waals surface area contributed by atoms with E-state index in [0.29, 0.717) is 23.1 Å². The third kappa shape index (κ3) is 5.29. The van der Waals surface area contributed by atoms with Crippen molar-refractivity contribution < 1.29 is 14.0 Å². The Morgan fingerprint density at radius 3 is 2.48 bits per heavy atom. The molecule has 0 aliphatic rings. The number of carbonyl (C=O) groups excluding carboxylic acids is 2. The zero-order chi connectivity index (χ0) is 21.6. The number of hydrazine groups is 1. The van der Waals surface area contributed by atoms with Crippen LogP contribution < -0.4 is 10.9 Å². The molecular weight excluding hydrogens is 414 g/mol. The van der Waals surface area contributed by atoms with Gasteiger partial charge in [0.15, 0.2) is 11.7 Å². The number of hydrogen-bond acceptors (Lipinski definition) is 4. The number of carbonyl (C=O) groups is 2. The Labute approximate surface area is 184 Å². The highest BCUT2D eigenvalue weighted by Gasteiger charge is 2.11. The van der Waals surface area contributed by atoms with Gasteiger partial charge in [0, 0.05) is 23.4 Å². The van der Waals surface area contributed by atoms with Crippen LogP contribution in [0.25, 0.3) is 22.1 Å². The van der Waals surface area contributed by atoms with Crippen LogP contribution in [0.15, 0.2) is 77.3 Å². The molecule has 1 heterocycles. The molecule has 0 radical (unpaired) electrons. The second-order valence-corrected chi connectivity index (χ2v) is 7.47. The molecule has 0 bridgehead atoms. The molecule has 2 amide bonds. The standard InChI is InChI=1S/C24H20ClN3O3/c25-19-10-8-17(9-11-19)21-15-26-24(31-21)13-12-22(29)27-28-23(30)14-18-6-3-5-16-4-1-2-7-20(16)18/h1-11,15H,12-14H2,(H,27,29)(H,28,30). The Morgan fingerprint density at radius 2 is 1.65 bits per heavy atom. The lowest BCUT2D eigenvalue weighted by Gasteiger charge is -2.09. The van der Waals surface area contributed by atoms with Gasteiger partial charge in [-0.25, -0.2) is 4.98 Å². The molecule has 6 nitrogen and oxygen atoms in total. The summed E-state index contributed by atoms with van der Waals surface area (Å²) in [6, 6.07) is 20.9. The van der Waals surface area contributed by atoms with Gasteiger partial charge in [0.1, 0.15) is 0 Å². The Hall–Kier alpha value is -3.64. The largest absolute Gasteiger partial charge is 0.441 e. The highest BCUT2D eigenvalue weighted by molar-refractivity contribution is 6.30. The molecule has 1 aromatic heterocycles. The third-order valence-electron chi connectivity index (χ3n) is 4.82. The van der Waals surface area contributed by atoms with Crippen molar-refractivity contribution in [3.05, 3.63) is 89.4 Å². The maximum atomic E-state index is 12.3. The first-order chi connectivity index (χ1) is 15.1. The van der Waals surface area contributed by atoms with Gasteiger partial charge < -0.3 is 4.42 Å². The fourth-order valence-corrected chi connectivity index (χ4v) is 3.39. The van der Waals surface area contributed by atoms with Gasteiger partial charge in [0.2, 0.25) is 11.8 Å². The number of nitrogens with zero attached hydrogens (tertiary/aromatic N) is 1. The zero-order valence-electron chi connectivity index (χ0n) is 16.6. The van der Waals surface area contributed by atoms with Crippen molar-refractivity contribution in [2.45, 2.75) is 19.3 Å². The van der Waals surface area contributed by atoms with Crippen molar-refractivity contribution in [2.24, 2.45) is 0 Å². The van der Waals surface area contributed by atoms with Crippen molar-refractivity contribution in [1.29, 1.82) is 0 Å². The molecule has 31 heavy (non-hydrogen) atoms. The van der Waals surface area contributed by atoms with Crippen LogP contribution in [0.2, 0.25) is 5.02 Å². The van der Waals surface area contributed by atoms with E-state index < -0.39 is 0 Å². The summed E-state index contributed by atoms with van der Waals surface area (Å²) in [6.45, 7) is 0. The second kappa shape index (κ2) is 9.45. The fourth-order valence-electron chi connectivity index (χ4n) is 3.26. The zero-order valence-corrected chi connectivity index (χ0v) is 17.4. The highest BCUT2D eigenvalue weighted by Crippen LogP contribution is 2.22. The summed E-state index contributed by atoms with van der Waals surface area (Å²) >= 11 is 5.89. The Bertz CT molecular complexity index is 1210. The number of halogens is 1. The lowest BCUT2D eigenvalue weighted by molar-refractivity contribution is -0.128. The molecule has 4 aromatic rings. The number of benzene rings is 3. The van der Waals surface area contributed by atoms with Gasteiger partial charge >= 0.3 is 0 Å². The predicted octanol–water partition coefficient (Wildman–Crippen LogP) is 4.47. The lowest BCUT2D eigenvalue weighted by Crippen LogP contribution is -2.42. The molecule has 0 unspecified atom stereocenters. The van der Waals surface area contributed by atoms with E-state index >= 15 is 0 Å². The second-order valence-electron chi connectivity index (χ2n) is 7.04. The quantitative estimate of drug-likeness (QED) is 0.439. The number of hydrogen-bond donors (Lipinski definition) is 2. The molecule has 0 fully saturated rings. The smallest absolute Gasteiger partial charge is 0.242 e. The number of aryl methyl sites for hydroxylation is 1. The fraction of sp³-hybridized carbons (Fsp3) is 0.125. The summed E-state index contributed by atoms with van der Waals surface area (Å²) in [7, 11) is 0. The molecule has 4 rings (SSSR count). The summed E-state index contributed by atoms with van der Waals surface area (Å²) in [5.74, 6) is 0.445. The molecular formula is C24H20ClN3O3. The Balaban J connectivity index is 1.26. The summed E-state index contributed by atoms with van der Waals surface area (Å²) in [5, 5.41) is 2.73. The molecule has 0 saturated carbocycles. The van der Waals surface area contributed by atoms with E-state index in [2.05, 4.69) is 15.8 Å². The van der Waals surface area contributed by atoms with Crippen LogP contribution >= 0.6 is 11.6 Å². The monoisotopic (exact) mass is 433 g/mol. The van der Waals surface area contributed by atoms with E-state index in [4.69, 9.17) is 16.0 Å². The van der Waals surface area contributed by atoms with Crippen LogP contribution in [0.3, 0.4) is 0 Å². The van der Waals surface area contributed by atoms with Gasteiger partial charge in [0.05, 0.1) is 12.6 Å². The SMILES string of the molecule is O=C(CCc1ncc(-c2ccc(Cl)cc2)o1)NNC(=O)Cc1cccc2ccccc12. The van der Waals surface area contributed by atoms with Crippen molar-refractivity contribution in [2.75, 3.05) is 0 Å². The lowest BCUT2D eigenvalue weighted by atomic mass is 10.0. The average Bonchev–Trinajstić information content (AvgIpc) is 3.26. The maximum Gasteiger partial charge on any atom is 0.242 e. The highest BCUT2D eigenvalue weighted by atomic mass is 35.5. The number of aromatic nitrogens is 1. The first kappa shape index (κ1) is 20.6. The number of nitrogens with one attached hydrogen (secondary N) is 2. The summed E-state index contributed by atoms with van der Waals surface area (Å²) in [5.41, 5.74) is 6.67. The number of rotatable bonds is 6. The van der Waals surface area contributed by atoms with E-state index in [-0.39, 0.29) is 24.7 Å². The van der Waals surface area contributed by atoms with Gasteiger partial charge in [0.25, 0.3) is 0 Å². The van der Waals surface area contributed by atoms with Gasteiger partial charge in [-0.2, -0.15) is 0 Å². The van der Waals surface area contributed by atoms with Gasteiger partial charge in [-0.3, -0.25) is 20.4 Å². The van der Waals surface area contributed by atoms with Crippen molar-refractivity contribution in [3.63, 3.8) is 0 Å². The maximum absolute atomic E-state index is 12.3. The van der Waals surface area contributed by atoms with Crippen molar-refractivity contribution in [3.8, 4) is 11.3 Å². The molecule has 3 aromatic carbocycles. The molecule has 0 saturated heterocycles. The molecule has 156 valence electrons. The molecule has 0 atom stereocenters. The van der Waals surface area contributed by atoms with E-state index in [1.165, 1.54) is 0 Å². The van der Waals surface area contributed by atoms with Crippen LogP contribution in [0, 0.1) is 0 Å². The van der Waals surface area contributed by atoms with Gasteiger partial charge in [-0.1, -0.05) is 54.1 Å². The Kier molecular flexibility index (Phi) is 6.29. The average molecular weight is 434 g/mol. The minimum Gasteiger partial charge on any atom is -0.441 e. The topological polar surface area (TPSA) is 84.2 Å². The van der Waals surface area contributed by atoms with Crippen LogP contribution in [0.4, 0.5) is 0 Å². The number of oxazole rings is 1. The minimum absolute atomic E-state index is 0.134. The third-order valence-corrected chi connectivity index (χ3v) is 5.07. The van der Waals surface area contributed by atoms with Crippen LogP contribution in [0.1, 0.15) is 17.9 Å². The van der Waals surface area contributed by atoms with E-state index in [1.54, 1.807) is 18.3 Å². The van der Waals surface area contributed by atoms with E-state index in [1.807, 2.05) is 54.6 Å². The molecule has 0 spiro atoms. The van der Waals surface area contributed by atoms with Crippen LogP contribution in [-0.4, -0.2) is 16.8 Å². The van der Waals surface area contributed by atoms with Crippen LogP contribution in [0.5, 0.6) is 0 Å². The first-order valence-corrected chi connectivity index (χ1v) is 10.2.